The van der Waals surface area contributed by atoms with E-state index in [1.165, 1.54) is 6.07 Å². The van der Waals surface area contributed by atoms with Crippen molar-refractivity contribution in [3.63, 3.8) is 0 Å². The van der Waals surface area contributed by atoms with Gasteiger partial charge in [-0.15, -0.1) is 0 Å². The highest BCUT2D eigenvalue weighted by Gasteiger charge is 2.29. The molecule has 2 aromatic rings. The zero-order valence-corrected chi connectivity index (χ0v) is 20.4. The Balaban J connectivity index is 1.30. The van der Waals surface area contributed by atoms with E-state index in [-0.39, 0.29) is 29.3 Å². The lowest BCUT2D eigenvalue weighted by atomic mass is 9.76. The largest absolute Gasteiger partial charge is 0.490 e. The lowest BCUT2D eigenvalue weighted by Gasteiger charge is -2.30. The Kier molecular flexibility index (Phi) is 8.57. The standard InChI is InChI=1S/C29H37F3O2/c1-3-33-17-21-8-15-27(26(30)16-21)34-18-20-6-11-23(12-7-20)25-14-13-24(28(31)29(25)32)22-9-4-19(2)5-10-22/h8,13-16,19-20,22-23H,3-7,9-12,17-18H2,1-2H3. The minimum absolute atomic E-state index is 0.0285. The third kappa shape index (κ3) is 5.97. The van der Waals surface area contributed by atoms with Gasteiger partial charge in [-0.3, -0.25) is 0 Å². The Morgan fingerprint density at radius 3 is 1.94 bits per heavy atom. The minimum atomic E-state index is -0.648. The fourth-order valence-electron chi connectivity index (χ4n) is 5.60. The zero-order valence-electron chi connectivity index (χ0n) is 20.4. The molecule has 5 heteroatoms. The summed E-state index contributed by atoms with van der Waals surface area (Å²) in [5.41, 5.74) is 1.86. The van der Waals surface area contributed by atoms with Crippen LogP contribution in [-0.2, 0) is 11.3 Å². The number of hydrogen-bond donors (Lipinski definition) is 0. The second-order valence-corrected chi connectivity index (χ2v) is 10.3. The fraction of sp³-hybridized carbons (Fsp3) is 0.586. The number of rotatable bonds is 8. The minimum Gasteiger partial charge on any atom is -0.490 e. The van der Waals surface area contributed by atoms with Crippen LogP contribution in [0.25, 0.3) is 0 Å². The van der Waals surface area contributed by atoms with Crippen LogP contribution in [0.4, 0.5) is 13.2 Å². The highest BCUT2D eigenvalue weighted by atomic mass is 19.2. The molecule has 0 amide bonds. The van der Waals surface area contributed by atoms with Gasteiger partial charge in [0, 0.05) is 6.61 Å². The maximum absolute atomic E-state index is 15.0. The SMILES string of the molecule is CCOCc1ccc(OCC2CCC(c3ccc(C4CCC(C)CC4)c(F)c3F)CC2)c(F)c1. The highest BCUT2D eigenvalue weighted by Crippen LogP contribution is 2.41. The molecule has 2 fully saturated rings. The van der Waals surface area contributed by atoms with E-state index in [4.69, 9.17) is 9.47 Å². The van der Waals surface area contributed by atoms with E-state index >= 15 is 4.39 Å². The van der Waals surface area contributed by atoms with E-state index in [9.17, 15) is 8.78 Å². The lowest BCUT2D eigenvalue weighted by molar-refractivity contribution is 0.133. The Bertz CT molecular complexity index is 945. The fourth-order valence-corrected chi connectivity index (χ4v) is 5.60. The van der Waals surface area contributed by atoms with Crippen molar-refractivity contribution in [2.24, 2.45) is 11.8 Å². The van der Waals surface area contributed by atoms with Gasteiger partial charge in [0.05, 0.1) is 13.2 Å². The predicted molar refractivity (Wildman–Crippen MR) is 129 cm³/mol. The number of ether oxygens (including phenoxy) is 2. The number of halogens is 3. The molecule has 2 aliphatic carbocycles. The normalized spacial score (nSPS) is 25.3. The number of benzene rings is 2. The molecule has 0 atom stereocenters. The Morgan fingerprint density at radius 2 is 1.38 bits per heavy atom. The van der Waals surface area contributed by atoms with Crippen LogP contribution in [0.15, 0.2) is 30.3 Å². The molecule has 0 N–H and O–H groups in total. The molecule has 0 aliphatic heterocycles. The zero-order chi connectivity index (χ0) is 24.1. The molecule has 2 saturated carbocycles. The van der Waals surface area contributed by atoms with Gasteiger partial charge in [0.15, 0.2) is 23.2 Å². The second kappa shape index (κ2) is 11.6. The van der Waals surface area contributed by atoms with Crippen LogP contribution >= 0.6 is 0 Å². The van der Waals surface area contributed by atoms with Gasteiger partial charge in [0.1, 0.15) is 0 Å². The topological polar surface area (TPSA) is 18.5 Å². The van der Waals surface area contributed by atoms with Crippen molar-refractivity contribution in [1.82, 2.24) is 0 Å². The van der Waals surface area contributed by atoms with Crippen molar-refractivity contribution in [1.29, 1.82) is 0 Å². The quantitative estimate of drug-likeness (QED) is 0.383. The van der Waals surface area contributed by atoms with E-state index in [1.807, 2.05) is 25.1 Å². The first-order valence-corrected chi connectivity index (χ1v) is 12.9. The maximum Gasteiger partial charge on any atom is 0.165 e. The Labute approximate surface area is 201 Å². The summed E-state index contributed by atoms with van der Waals surface area (Å²) in [5, 5.41) is 0. The summed E-state index contributed by atoms with van der Waals surface area (Å²) in [7, 11) is 0. The summed E-state index contributed by atoms with van der Waals surface area (Å²) < 4.78 is 55.4. The van der Waals surface area contributed by atoms with Gasteiger partial charge < -0.3 is 9.47 Å². The van der Waals surface area contributed by atoms with Gasteiger partial charge >= 0.3 is 0 Å². The Morgan fingerprint density at radius 1 is 0.794 bits per heavy atom. The molecule has 0 radical (unpaired) electrons. The molecule has 4 rings (SSSR count). The summed E-state index contributed by atoms with van der Waals surface area (Å²) in [6, 6.07) is 8.59. The third-order valence-electron chi connectivity index (χ3n) is 7.83. The summed E-state index contributed by atoms with van der Waals surface area (Å²) in [4.78, 5) is 0. The van der Waals surface area contributed by atoms with Crippen LogP contribution in [0, 0.1) is 29.3 Å². The van der Waals surface area contributed by atoms with Crippen LogP contribution in [0.2, 0.25) is 0 Å². The molecule has 2 aromatic carbocycles. The molecule has 0 bridgehead atoms. The van der Waals surface area contributed by atoms with E-state index in [0.29, 0.717) is 36.9 Å². The summed E-state index contributed by atoms with van der Waals surface area (Å²) in [6.07, 6.45) is 7.36. The maximum atomic E-state index is 15.0. The first kappa shape index (κ1) is 25.1. The van der Waals surface area contributed by atoms with Gasteiger partial charge in [-0.25, -0.2) is 13.2 Å². The van der Waals surface area contributed by atoms with E-state index < -0.39 is 11.6 Å². The average Bonchev–Trinajstić information content (AvgIpc) is 2.85. The molecule has 2 nitrogen and oxygen atoms in total. The van der Waals surface area contributed by atoms with Crippen LogP contribution in [0.3, 0.4) is 0 Å². The third-order valence-corrected chi connectivity index (χ3v) is 7.83. The van der Waals surface area contributed by atoms with Gasteiger partial charge in [0.2, 0.25) is 0 Å². The molecule has 0 heterocycles. The molecule has 0 aromatic heterocycles. The monoisotopic (exact) mass is 474 g/mol. The van der Waals surface area contributed by atoms with Crippen molar-refractivity contribution in [2.75, 3.05) is 13.2 Å². The smallest absolute Gasteiger partial charge is 0.165 e. The van der Waals surface area contributed by atoms with Crippen LogP contribution < -0.4 is 4.74 Å². The number of hydrogen-bond acceptors (Lipinski definition) is 2. The van der Waals surface area contributed by atoms with Crippen molar-refractivity contribution >= 4 is 0 Å². The molecule has 0 unspecified atom stereocenters. The molecule has 34 heavy (non-hydrogen) atoms. The predicted octanol–water partition coefficient (Wildman–Crippen LogP) is 8.29. The van der Waals surface area contributed by atoms with Crippen molar-refractivity contribution in [3.05, 3.63) is 64.5 Å². The van der Waals surface area contributed by atoms with Gasteiger partial charge in [-0.1, -0.05) is 38.0 Å². The van der Waals surface area contributed by atoms with Crippen molar-refractivity contribution in [3.8, 4) is 5.75 Å². The lowest BCUT2D eigenvalue weighted by Crippen LogP contribution is -2.20. The molecule has 2 aliphatic rings. The van der Waals surface area contributed by atoms with E-state index in [1.54, 1.807) is 6.07 Å². The highest BCUT2D eigenvalue weighted by molar-refractivity contribution is 5.32. The molecular formula is C29H37F3O2. The van der Waals surface area contributed by atoms with E-state index in [0.717, 1.165) is 56.9 Å². The summed E-state index contributed by atoms with van der Waals surface area (Å²) in [5.74, 6) is -0.272. The van der Waals surface area contributed by atoms with Gasteiger partial charge in [0.25, 0.3) is 0 Å². The first-order chi connectivity index (χ1) is 16.5. The van der Waals surface area contributed by atoms with E-state index in [2.05, 4.69) is 6.92 Å². The summed E-state index contributed by atoms with van der Waals surface area (Å²) in [6.45, 7) is 5.54. The summed E-state index contributed by atoms with van der Waals surface area (Å²) >= 11 is 0. The molecular weight excluding hydrogens is 437 g/mol. The Hall–Kier alpha value is -2.01. The average molecular weight is 475 g/mol. The van der Waals surface area contributed by atoms with Crippen LogP contribution in [0.5, 0.6) is 5.75 Å². The van der Waals surface area contributed by atoms with Crippen molar-refractivity contribution in [2.45, 2.75) is 83.7 Å². The van der Waals surface area contributed by atoms with Crippen molar-refractivity contribution < 1.29 is 22.6 Å². The van der Waals surface area contributed by atoms with Gasteiger partial charge in [-0.2, -0.15) is 0 Å². The molecule has 186 valence electrons. The van der Waals surface area contributed by atoms with Crippen LogP contribution in [-0.4, -0.2) is 13.2 Å². The second-order valence-electron chi connectivity index (χ2n) is 10.3. The molecule has 0 saturated heterocycles. The first-order valence-electron chi connectivity index (χ1n) is 12.9. The molecule has 0 spiro atoms. The van der Waals surface area contributed by atoms with Gasteiger partial charge in [-0.05, 0) is 97.9 Å². The van der Waals surface area contributed by atoms with Crippen LogP contribution in [0.1, 0.15) is 93.7 Å².